The predicted molar refractivity (Wildman–Crippen MR) is 102 cm³/mol. The molecular weight excluding hydrogens is 310 g/mol. The average molecular weight is 339 g/mol. The van der Waals surface area contributed by atoms with Gasteiger partial charge in [0.15, 0.2) is 0 Å². The summed E-state index contributed by atoms with van der Waals surface area (Å²) in [5.74, 6) is -0.0316. The lowest BCUT2D eigenvalue weighted by Crippen LogP contribution is -2.56. The number of benzene rings is 2. The van der Waals surface area contributed by atoms with Gasteiger partial charge in [-0.3, -0.25) is 10.1 Å². The molecule has 0 spiro atoms. The minimum atomic E-state index is -0.693. The average Bonchev–Trinajstić information content (AvgIpc) is 2.63. The van der Waals surface area contributed by atoms with Crippen molar-refractivity contribution in [1.29, 1.82) is 0 Å². The molecule has 0 saturated carbocycles. The summed E-state index contributed by atoms with van der Waals surface area (Å²) in [6.07, 6.45) is 1.54. The highest BCUT2D eigenvalue weighted by molar-refractivity contribution is 5.81. The van der Waals surface area contributed by atoms with E-state index in [1.165, 1.54) is 5.56 Å². The third kappa shape index (κ3) is 5.17. The number of carbonyl (C=O) groups excluding carboxylic acids is 1. The van der Waals surface area contributed by atoms with Gasteiger partial charge in [-0.05, 0) is 36.8 Å². The molecule has 134 valence electrons. The van der Waals surface area contributed by atoms with Gasteiger partial charge in [0.25, 0.3) is 0 Å². The number of nitrogens with one attached hydrogen (secondary N) is 1. The molecule has 2 rings (SSSR count). The lowest BCUT2D eigenvalue weighted by molar-refractivity contribution is -0.154. The fraction of sp³-hybridized carbons (Fsp3) is 0.409. The van der Waals surface area contributed by atoms with Crippen LogP contribution in [0.4, 0.5) is 0 Å². The van der Waals surface area contributed by atoms with Crippen molar-refractivity contribution in [3.05, 3.63) is 71.8 Å². The van der Waals surface area contributed by atoms with E-state index in [0.717, 1.165) is 12.0 Å². The first kappa shape index (κ1) is 19.2. The molecule has 0 aromatic heterocycles. The largest absolute Gasteiger partial charge is 0.465 e. The summed E-state index contributed by atoms with van der Waals surface area (Å²) in [6.45, 7) is 7.06. The van der Waals surface area contributed by atoms with Crippen molar-refractivity contribution in [1.82, 2.24) is 5.32 Å². The lowest BCUT2D eigenvalue weighted by atomic mass is 9.80. The highest BCUT2D eigenvalue weighted by Crippen LogP contribution is 2.26. The Kier molecular flexibility index (Phi) is 7.20. The summed E-state index contributed by atoms with van der Waals surface area (Å²) in [5.41, 5.74) is 1.71. The Hall–Kier alpha value is -2.13. The monoisotopic (exact) mass is 339 g/mol. The van der Waals surface area contributed by atoms with Gasteiger partial charge < -0.3 is 4.74 Å². The third-order valence-electron chi connectivity index (χ3n) is 4.73. The summed E-state index contributed by atoms with van der Waals surface area (Å²) in [7, 11) is 0. The van der Waals surface area contributed by atoms with Crippen LogP contribution >= 0.6 is 0 Å². The zero-order valence-electron chi connectivity index (χ0n) is 15.5. The van der Waals surface area contributed by atoms with Crippen LogP contribution in [0.5, 0.6) is 0 Å². The Morgan fingerprint density at radius 2 is 1.56 bits per heavy atom. The van der Waals surface area contributed by atoms with Gasteiger partial charge in [0.05, 0.1) is 6.61 Å². The van der Waals surface area contributed by atoms with Gasteiger partial charge in [-0.1, -0.05) is 74.5 Å². The third-order valence-corrected chi connectivity index (χ3v) is 4.73. The molecule has 0 fully saturated rings. The molecule has 0 aliphatic heterocycles. The fourth-order valence-corrected chi connectivity index (χ4v) is 3.09. The van der Waals surface area contributed by atoms with Crippen molar-refractivity contribution in [3.63, 3.8) is 0 Å². The predicted octanol–water partition coefficient (Wildman–Crippen LogP) is 4.37. The second-order valence-electron chi connectivity index (χ2n) is 6.67. The molecule has 0 heterocycles. The van der Waals surface area contributed by atoms with Crippen molar-refractivity contribution in [3.8, 4) is 0 Å². The highest BCUT2D eigenvalue weighted by atomic mass is 16.5. The first-order valence-corrected chi connectivity index (χ1v) is 9.08. The molecule has 2 aromatic carbocycles. The molecule has 0 radical (unpaired) electrons. The molecule has 0 bridgehead atoms. The molecule has 0 amide bonds. The van der Waals surface area contributed by atoms with Crippen molar-refractivity contribution < 1.29 is 9.53 Å². The maximum atomic E-state index is 12.9. The van der Waals surface area contributed by atoms with Gasteiger partial charge in [0.2, 0.25) is 0 Å². The van der Waals surface area contributed by atoms with Crippen LogP contribution < -0.4 is 5.32 Å². The fourth-order valence-electron chi connectivity index (χ4n) is 3.09. The van der Waals surface area contributed by atoms with Gasteiger partial charge in [-0.25, -0.2) is 0 Å². The summed E-state index contributed by atoms with van der Waals surface area (Å²) in [5, 5.41) is 3.53. The zero-order valence-corrected chi connectivity index (χ0v) is 15.5. The van der Waals surface area contributed by atoms with Crippen LogP contribution in [0.25, 0.3) is 0 Å². The first-order valence-electron chi connectivity index (χ1n) is 9.08. The van der Waals surface area contributed by atoms with E-state index in [-0.39, 0.29) is 11.9 Å². The van der Waals surface area contributed by atoms with Crippen LogP contribution in [0, 0.1) is 5.92 Å². The van der Waals surface area contributed by atoms with E-state index in [1.807, 2.05) is 43.3 Å². The molecule has 25 heavy (non-hydrogen) atoms. The Morgan fingerprint density at radius 3 is 2.08 bits per heavy atom. The van der Waals surface area contributed by atoms with Crippen LogP contribution in [0.15, 0.2) is 60.7 Å². The molecule has 0 saturated heterocycles. The Morgan fingerprint density at radius 1 is 1.00 bits per heavy atom. The number of carbonyl (C=O) groups is 1. The molecule has 0 aliphatic rings. The maximum Gasteiger partial charge on any atom is 0.326 e. The van der Waals surface area contributed by atoms with Gasteiger partial charge >= 0.3 is 5.97 Å². The van der Waals surface area contributed by atoms with E-state index < -0.39 is 5.54 Å². The molecule has 3 heteroatoms. The van der Waals surface area contributed by atoms with E-state index >= 15 is 0 Å². The van der Waals surface area contributed by atoms with E-state index in [4.69, 9.17) is 4.74 Å². The summed E-state index contributed by atoms with van der Waals surface area (Å²) >= 11 is 0. The SMILES string of the molecule is CCOC(=O)C(CCc1ccccc1)(NCc1ccccc1)C(C)C. The van der Waals surface area contributed by atoms with Crippen LogP contribution in [0.2, 0.25) is 0 Å². The molecule has 1 N–H and O–H groups in total. The number of aryl methyl sites for hydroxylation is 1. The second kappa shape index (κ2) is 9.38. The molecule has 1 unspecified atom stereocenters. The maximum absolute atomic E-state index is 12.9. The smallest absolute Gasteiger partial charge is 0.326 e. The number of rotatable bonds is 9. The van der Waals surface area contributed by atoms with Crippen LogP contribution in [-0.2, 0) is 22.5 Å². The standard InChI is InChI=1S/C22H29NO2/c1-4-25-21(24)22(18(2)3,16-15-19-11-7-5-8-12-19)23-17-20-13-9-6-10-14-20/h5-14,18,23H,4,15-17H2,1-3H3. The molecule has 3 nitrogen and oxygen atoms in total. The number of hydrogen-bond acceptors (Lipinski definition) is 3. The van der Waals surface area contributed by atoms with Crippen molar-refractivity contribution in [2.75, 3.05) is 6.61 Å². The van der Waals surface area contributed by atoms with Gasteiger partial charge in [-0.15, -0.1) is 0 Å². The Bertz CT molecular complexity index is 594. The molecule has 2 aromatic rings. The number of hydrogen-bond donors (Lipinski definition) is 1. The highest BCUT2D eigenvalue weighted by Gasteiger charge is 2.42. The Labute approximate surface area is 151 Å². The molecular formula is C22H29NO2. The van der Waals surface area contributed by atoms with Gasteiger partial charge in [0, 0.05) is 6.54 Å². The van der Waals surface area contributed by atoms with E-state index in [2.05, 4.69) is 43.4 Å². The van der Waals surface area contributed by atoms with Gasteiger partial charge in [-0.2, -0.15) is 0 Å². The zero-order chi connectivity index (χ0) is 18.1. The quantitative estimate of drug-likeness (QED) is 0.690. The topological polar surface area (TPSA) is 38.3 Å². The van der Waals surface area contributed by atoms with Crippen molar-refractivity contribution >= 4 is 5.97 Å². The van der Waals surface area contributed by atoms with Crippen molar-refractivity contribution in [2.24, 2.45) is 5.92 Å². The van der Waals surface area contributed by atoms with Crippen LogP contribution in [-0.4, -0.2) is 18.1 Å². The number of esters is 1. The van der Waals surface area contributed by atoms with Crippen LogP contribution in [0.1, 0.15) is 38.3 Å². The summed E-state index contributed by atoms with van der Waals surface area (Å²) < 4.78 is 5.44. The molecule has 0 aliphatic carbocycles. The van der Waals surface area contributed by atoms with Crippen molar-refractivity contribution in [2.45, 2.75) is 45.7 Å². The summed E-state index contributed by atoms with van der Waals surface area (Å²) in [6, 6.07) is 20.5. The number of ether oxygens (including phenoxy) is 1. The summed E-state index contributed by atoms with van der Waals surface area (Å²) in [4.78, 5) is 12.9. The minimum absolute atomic E-state index is 0.124. The second-order valence-corrected chi connectivity index (χ2v) is 6.67. The van der Waals surface area contributed by atoms with Crippen LogP contribution in [0.3, 0.4) is 0 Å². The Balaban J connectivity index is 2.19. The first-order chi connectivity index (χ1) is 12.1. The van der Waals surface area contributed by atoms with E-state index in [9.17, 15) is 4.79 Å². The molecule has 1 atom stereocenters. The minimum Gasteiger partial charge on any atom is -0.465 e. The normalized spacial score (nSPS) is 13.4. The van der Waals surface area contributed by atoms with E-state index in [0.29, 0.717) is 19.6 Å². The lowest BCUT2D eigenvalue weighted by Gasteiger charge is -2.36. The van der Waals surface area contributed by atoms with Gasteiger partial charge in [0.1, 0.15) is 5.54 Å². The van der Waals surface area contributed by atoms with E-state index in [1.54, 1.807) is 0 Å².